The molecular weight excluding hydrogens is 414 g/mol. The number of sulfonamides is 1. The maximum atomic E-state index is 12.6. The number of anilines is 1. The van der Waals surface area contributed by atoms with Crippen molar-refractivity contribution in [1.82, 2.24) is 19.9 Å². The van der Waals surface area contributed by atoms with Gasteiger partial charge in [0.25, 0.3) is 0 Å². The predicted octanol–water partition coefficient (Wildman–Crippen LogP) is 3.24. The molecule has 4 aromatic rings. The molecule has 3 N–H and O–H groups in total. The van der Waals surface area contributed by atoms with Crippen LogP contribution in [0.1, 0.15) is 12.0 Å². The van der Waals surface area contributed by atoms with E-state index in [0.29, 0.717) is 5.82 Å². The zero-order valence-electron chi connectivity index (χ0n) is 16.8. The molecule has 2 heterocycles. The molecule has 8 nitrogen and oxygen atoms in total. The molecule has 0 aliphatic carbocycles. The molecule has 0 unspecified atom stereocenters. The third-order valence-corrected chi connectivity index (χ3v) is 6.37. The lowest BCUT2D eigenvalue weighted by molar-refractivity contribution is -0.116. The SMILES string of the molecule is Cc1c(NC(=O)CCNS(=O)(=O)c2ccc3ccccc3c2)n[nH]c1-c1ccncc1. The topological polar surface area (TPSA) is 117 Å². The van der Waals surface area contributed by atoms with Gasteiger partial charge in [-0.15, -0.1) is 0 Å². The van der Waals surface area contributed by atoms with Crippen LogP contribution in [0.3, 0.4) is 0 Å². The number of aromatic amines is 1. The van der Waals surface area contributed by atoms with Crippen LogP contribution in [0.2, 0.25) is 0 Å². The largest absolute Gasteiger partial charge is 0.309 e. The van der Waals surface area contributed by atoms with Crippen LogP contribution in [-0.4, -0.2) is 36.1 Å². The molecule has 1 amide bonds. The number of carbonyl (C=O) groups excluding carboxylic acids is 1. The minimum absolute atomic E-state index is 0.0241. The van der Waals surface area contributed by atoms with Gasteiger partial charge in [0.05, 0.1) is 10.6 Å². The molecule has 0 radical (unpaired) electrons. The quantitative estimate of drug-likeness (QED) is 0.412. The Morgan fingerprint density at radius 2 is 1.77 bits per heavy atom. The number of amides is 1. The van der Waals surface area contributed by atoms with Crippen molar-refractivity contribution in [3.05, 3.63) is 72.6 Å². The van der Waals surface area contributed by atoms with Gasteiger partial charge in [0.2, 0.25) is 15.9 Å². The van der Waals surface area contributed by atoms with Crippen LogP contribution in [0.4, 0.5) is 5.82 Å². The highest BCUT2D eigenvalue weighted by Crippen LogP contribution is 2.25. The Labute approximate surface area is 179 Å². The molecule has 0 atom stereocenters. The van der Waals surface area contributed by atoms with Crippen LogP contribution >= 0.6 is 0 Å². The van der Waals surface area contributed by atoms with Gasteiger partial charge in [-0.2, -0.15) is 5.10 Å². The fourth-order valence-electron chi connectivity index (χ4n) is 3.23. The number of hydrogen-bond donors (Lipinski definition) is 3. The van der Waals surface area contributed by atoms with Crippen LogP contribution < -0.4 is 10.0 Å². The second kappa shape index (κ2) is 8.66. The minimum atomic E-state index is -3.72. The summed E-state index contributed by atoms with van der Waals surface area (Å²) in [6, 6.07) is 16.1. The Morgan fingerprint density at radius 3 is 2.55 bits per heavy atom. The van der Waals surface area contributed by atoms with Crippen molar-refractivity contribution in [2.24, 2.45) is 0 Å². The highest BCUT2D eigenvalue weighted by Gasteiger charge is 2.16. The number of nitrogens with one attached hydrogen (secondary N) is 3. The van der Waals surface area contributed by atoms with E-state index in [1.165, 1.54) is 0 Å². The molecule has 0 saturated carbocycles. The van der Waals surface area contributed by atoms with Gasteiger partial charge in [-0.25, -0.2) is 13.1 Å². The Balaban J connectivity index is 1.36. The summed E-state index contributed by atoms with van der Waals surface area (Å²) >= 11 is 0. The summed E-state index contributed by atoms with van der Waals surface area (Å²) in [5.41, 5.74) is 2.48. The number of nitrogens with zero attached hydrogens (tertiary/aromatic N) is 2. The highest BCUT2D eigenvalue weighted by atomic mass is 32.2. The number of pyridine rings is 1. The Bertz CT molecular complexity index is 1330. The monoisotopic (exact) mass is 435 g/mol. The van der Waals surface area contributed by atoms with Crippen LogP contribution in [0.25, 0.3) is 22.0 Å². The first-order chi connectivity index (χ1) is 14.9. The summed E-state index contributed by atoms with van der Waals surface area (Å²) in [6.45, 7) is 1.82. The van der Waals surface area contributed by atoms with E-state index in [-0.39, 0.29) is 23.8 Å². The molecule has 0 aliphatic rings. The molecule has 31 heavy (non-hydrogen) atoms. The fourth-order valence-corrected chi connectivity index (χ4v) is 4.30. The summed E-state index contributed by atoms with van der Waals surface area (Å²) in [5.74, 6) is 0.0753. The Hall–Kier alpha value is -3.56. The van der Waals surface area contributed by atoms with Crippen LogP contribution in [0.15, 0.2) is 71.9 Å². The minimum Gasteiger partial charge on any atom is -0.309 e. The van der Waals surface area contributed by atoms with Gasteiger partial charge in [-0.3, -0.25) is 14.9 Å². The van der Waals surface area contributed by atoms with Crippen molar-refractivity contribution < 1.29 is 13.2 Å². The molecule has 9 heteroatoms. The summed E-state index contributed by atoms with van der Waals surface area (Å²) < 4.78 is 27.6. The van der Waals surface area contributed by atoms with Crippen molar-refractivity contribution in [2.45, 2.75) is 18.2 Å². The van der Waals surface area contributed by atoms with Gasteiger partial charge in [0, 0.05) is 36.5 Å². The fraction of sp³-hybridized carbons (Fsp3) is 0.136. The highest BCUT2D eigenvalue weighted by molar-refractivity contribution is 7.89. The maximum absolute atomic E-state index is 12.6. The van der Waals surface area contributed by atoms with Gasteiger partial charge in [0.1, 0.15) is 0 Å². The maximum Gasteiger partial charge on any atom is 0.240 e. The Kier molecular flexibility index (Phi) is 5.79. The second-order valence-corrected chi connectivity index (χ2v) is 8.78. The summed E-state index contributed by atoms with van der Waals surface area (Å²) in [7, 11) is -3.72. The van der Waals surface area contributed by atoms with Crippen molar-refractivity contribution >= 4 is 32.5 Å². The smallest absolute Gasteiger partial charge is 0.240 e. The average molecular weight is 436 g/mol. The van der Waals surface area contributed by atoms with E-state index >= 15 is 0 Å². The standard InChI is InChI=1S/C22H21N5O3S/c1-15-21(17-8-11-23-12-9-17)26-27-22(15)25-20(28)10-13-24-31(29,30)19-7-6-16-4-2-3-5-18(16)14-19/h2-9,11-12,14,24H,10,13H2,1H3,(H2,25,26,27,28). The van der Waals surface area contributed by atoms with E-state index in [2.05, 4.69) is 25.2 Å². The van der Waals surface area contributed by atoms with Crippen LogP contribution in [0, 0.1) is 6.92 Å². The number of H-pyrrole nitrogens is 1. The third kappa shape index (κ3) is 4.62. The first kappa shape index (κ1) is 20.7. The van der Waals surface area contributed by atoms with Crippen molar-refractivity contribution in [2.75, 3.05) is 11.9 Å². The van der Waals surface area contributed by atoms with E-state index < -0.39 is 10.0 Å². The first-order valence-electron chi connectivity index (χ1n) is 9.68. The normalized spacial score (nSPS) is 11.5. The number of fused-ring (bicyclic) bond motifs is 1. The van der Waals surface area contributed by atoms with Crippen LogP contribution in [0.5, 0.6) is 0 Å². The molecule has 158 valence electrons. The molecule has 0 saturated heterocycles. The Morgan fingerprint density at radius 1 is 1.03 bits per heavy atom. The molecule has 2 aromatic carbocycles. The predicted molar refractivity (Wildman–Crippen MR) is 119 cm³/mol. The number of carbonyl (C=O) groups is 1. The lowest BCUT2D eigenvalue weighted by Crippen LogP contribution is -2.28. The average Bonchev–Trinajstić information content (AvgIpc) is 3.13. The third-order valence-electron chi connectivity index (χ3n) is 4.91. The zero-order valence-corrected chi connectivity index (χ0v) is 17.6. The summed E-state index contributed by atoms with van der Waals surface area (Å²) in [4.78, 5) is 16.4. The molecule has 0 bridgehead atoms. The van der Waals surface area contributed by atoms with Gasteiger partial charge >= 0.3 is 0 Å². The van der Waals surface area contributed by atoms with E-state index in [4.69, 9.17) is 0 Å². The number of aromatic nitrogens is 3. The van der Waals surface area contributed by atoms with Gasteiger partial charge in [0.15, 0.2) is 5.82 Å². The van der Waals surface area contributed by atoms with E-state index in [0.717, 1.165) is 27.6 Å². The van der Waals surface area contributed by atoms with E-state index in [1.807, 2.05) is 43.3 Å². The molecule has 0 fully saturated rings. The molecule has 2 aromatic heterocycles. The molecular formula is C22H21N5O3S. The molecule has 0 aliphatic heterocycles. The lowest BCUT2D eigenvalue weighted by Gasteiger charge is -2.08. The van der Waals surface area contributed by atoms with E-state index in [1.54, 1.807) is 30.6 Å². The first-order valence-corrected chi connectivity index (χ1v) is 11.2. The van der Waals surface area contributed by atoms with E-state index in [9.17, 15) is 13.2 Å². The summed E-state index contributed by atoms with van der Waals surface area (Å²) in [5, 5.41) is 11.6. The molecule has 4 rings (SSSR count). The van der Waals surface area contributed by atoms with Crippen LogP contribution in [-0.2, 0) is 14.8 Å². The van der Waals surface area contributed by atoms with Gasteiger partial charge < -0.3 is 5.32 Å². The van der Waals surface area contributed by atoms with Crippen molar-refractivity contribution in [1.29, 1.82) is 0 Å². The summed E-state index contributed by atoms with van der Waals surface area (Å²) in [6.07, 6.45) is 3.33. The van der Waals surface area contributed by atoms with Crippen molar-refractivity contribution in [3.63, 3.8) is 0 Å². The number of benzene rings is 2. The van der Waals surface area contributed by atoms with Gasteiger partial charge in [-0.1, -0.05) is 30.3 Å². The number of rotatable bonds is 7. The van der Waals surface area contributed by atoms with Crippen molar-refractivity contribution in [3.8, 4) is 11.3 Å². The lowest BCUT2D eigenvalue weighted by atomic mass is 10.1. The second-order valence-electron chi connectivity index (χ2n) is 7.01. The molecule has 0 spiro atoms. The number of hydrogen-bond acceptors (Lipinski definition) is 5. The van der Waals surface area contributed by atoms with Gasteiger partial charge in [-0.05, 0) is 42.0 Å². The zero-order chi connectivity index (χ0) is 21.8.